The molecule has 0 bridgehead atoms. The molecule has 0 fully saturated rings. The first kappa shape index (κ1) is 16.9. The first-order chi connectivity index (χ1) is 11.0. The molecular weight excluding hydrogens is 320 g/mol. The number of nitrogens with one attached hydrogen (secondary N) is 1. The average Bonchev–Trinajstić information content (AvgIpc) is 2.53. The summed E-state index contributed by atoms with van der Waals surface area (Å²) in [5.74, 6) is 0.429. The summed E-state index contributed by atoms with van der Waals surface area (Å²) < 4.78 is 31.7. The van der Waals surface area contributed by atoms with Gasteiger partial charge in [-0.3, -0.25) is 10.1 Å². The summed E-state index contributed by atoms with van der Waals surface area (Å²) in [6, 6.07) is 14.5. The van der Waals surface area contributed by atoms with E-state index in [2.05, 4.69) is 4.72 Å². The first-order valence-corrected chi connectivity index (χ1v) is 8.50. The van der Waals surface area contributed by atoms with E-state index in [0.29, 0.717) is 11.3 Å². The average molecular weight is 336 g/mol. The van der Waals surface area contributed by atoms with Crippen LogP contribution in [0.2, 0.25) is 0 Å². The van der Waals surface area contributed by atoms with Gasteiger partial charge in [-0.25, -0.2) is 13.1 Å². The highest BCUT2D eigenvalue weighted by Crippen LogP contribution is 2.13. The van der Waals surface area contributed by atoms with Crippen molar-refractivity contribution in [3.05, 3.63) is 70.3 Å². The molecule has 8 heteroatoms. The topological polar surface area (TPSA) is 98.5 Å². The van der Waals surface area contributed by atoms with Gasteiger partial charge in [-0.2, -0.15) is 0 Å². The quantitative estimate of drug-likeness (QED) is 0.452. The fraction of sp³-hybridized carbons (Fsp3) is 0.200. The molecule has 1 N–H and O–H groups in total. The maximum atomic E-state index is 11.9. The van der Waals surface area contributed by atoms with E-state index in [1.807, 2.05) is 18.2 Å². The number of sulfonamides is 1. The minimum absolute atomic E-state index is 0.0737. The van der Waals surface area contributed by atoms with E-state index in [-0.39, 0.29) is 24.6 Å². The molecule has 0 unspecified atom stereocenters. The standard InChI is InChI=1S/C15H16N2O5S/c18-17(19)14-8-6-13(7-9-14)12-23(20,21)16-10-11-22-15-4-2-1-3-5-15/h1-9,16H,10-12H2. The summed E-state index contributed by atoms with van der Waals surface area (Å²) in [6.45, 7) is 0.355. The van der Waals surface area contributed by atoms with Crippen molar-refractivity contribution >= 4 is 15.7 Å². The molecule has 0 aliphatic carbocycles. The van der Waals surface area contributed by atoms with Gasteiger partial charge in [-0.15, -0.1) is 0 Å². The van der Waals surface area contributed by atoms with Crippen LogP contribution >= 0.6 is 0 Å². The molecule has 0 radical (unpaired) electrons. The lowest BCUT2D eigenvalue weighted by molar-refractivity contribution is -0.384. The van der Waals surface area contributed by atoms with Gasteiger partial charge in [0.1, 0.15) is 12.4 Å². The summed E-state index contributed by atoms with van der Waals surface area (Å²) in [5, 5.41) is 10.5. The van der Waals surface area contributed by atoms with Crippen LogP contribution < -0.4 is 9.46 Å². The lowest BCUT2D eigenvalue weighted by Gasteiger charge is -2.08. The maximum absolute atomic E-state index is 11.9. The zero-order valence-corrected chi connectivity index (χ0v) is 13.0. The molecule has 7 nitrogen and oxygen atoms in total. The Morgan fingerprint density at radius 3 is 2.30 bits per heavy atom. The molecule has 0 aromatic heterocycles. The number of non-ortho nitro benzene ring substituents is 1. The summed E-state index contributed by atoms with van der Waals surface area (Å²) in [7, 11) is -3.52. The number of benzene rings is 2. The first-order valence-electron chi connectivity index (χ1n) is 6.85. The van der Waals surface area contributed by atoms with E-state index in [9.17, 15) is 18.5 Å². The molecule has 0 amide bonds. The van der Waals surface area contributed by atoms with Gasteiger partial charge in [-0.05, 0) is 17.7 Å². The lowest BCUT2D eigenvalue weighted by Crippen LogP contribution is -2.29. The number of para-hydroxylation sites is 1. The molecule has 0 saturated heterocycles. The van der Waals surface area contributed by atoms with Crippen molar-refractivity contribution in [1.29, 1.82) is 0 Å². The smallest absolute Gasteiger partial charge is 0.269 e. The van der Waals surface area contributed by atoms with E-state index >= 15 is 0 Å². The van der Waals surface area contributed by atoms with Crippen LogP contribution in [0, 0.1) is 10.1 Å². The van der Waals surface area contributed by atoms with E-state index in [1.165, 1.54) is 24.3 Å². The Kier molecular flexibility index (Phi) is 5.67. The molecule has 0 aliphatic heterocycles. The zero-order valence-electron chi connectivity index (χ0n) is 12.2. The summed E-state index contributed by atoms with van der Waals surface area (Å²) in [6.07, 6.45) is 0. The van der Waals surface area contributed by atoms with Crippen molar-refractivity contribution in [1.82, 2.24) is 4.72 Å². The normalized spacial score (nSPS) is 11.1. The predicted octanol–water partition coefficient (Wildman–Crippen LogP) is 2.09. The minimum atomic E-state index is -3.52. The van der Waals surface area contributed by atoms with Crippen LogP contribution in [0.3, 0.4) is 0 Å². The fourth-order valence-corrected chi connectivity index (χ4v) is 2.99. The number of nitrogens with zero attached hydrogens (tertiary/aromatic N) is 1. The molecule has 0 heterocycles. The second-order valence-corrected chi connectivity index (χ2v) is 6.55. The van der Waals surface area contributed by atoms with Crippen LogP contribution in [-0.2, 0) is 15.8 Å². The van der Waals surface area contributed by atoms with E-state index < -0.39 is 14.9 Å². The minimum Gasteiger partial charge on any atom is -0.492 e. The van der Waals surface area contributed by atoms with Crippen LogP contribution in [0.15, 0.2) is 54.6 Å². The second kappa shape index (κ2) is 7.70. The van der Waals surface area contributed by atoms with E-state index in [0.717, 1.165) is 0 Å². The predicted molar refractivity (Wildman–Crippen MR) is 85.7 cm³/mol. The molecule has 0 aliphatic rings. The van der Waals surface area contributed by atoms with Crippen molar-refractivity contribution in [2.45, 2.75) is 5.75 Å². The Bertz CT molecular complexity index is 745. The molecule has 0 spiro atoms. The molecule has 2 aromatic carbocycles. The monoisotopic (exact) mass is 336 g/mol. The SMILES string of the molecule is O=[N+]([O-])c1ccc(CS(=O)(=O)NCCOc2ccccc2)cc1. The Hall–Kier alpha value is -2.45. The number of nitro groups is 1. The summed E-state index contributed by atoms with van der Waals surface area (Å²) >= 11 is 0. The van der Waals surface area contributed by atoms with Crippen molar-refractivity contribution < 1.29 is 18.1 Å². The Balaban J connectivity index is 1.81. The third kappa shape index (κ3) is 5.68. The second-order valence-electron chi connectivity index (χ2n) is 4.74. The van der Waals surface area contributed by atoms with Gasteiger partial charge < -0.3 is 4.74 Å². The highest BCUT2D eigenvalue weighted by atomic mass is 32.2. The number of ether oxygens (including phenoxy) is 1. The Morgan fingerprint density at radius 1 is 1.04 bits per heavy atom. The third-order valence-corrected chi connectivity index (χ3v) is 4.30. The maximum Gasteiger partial charge on any atom is 0.269 e. The van der Waals surface area contributed by atoms with Crippen molar-refractivity contribution in [3.63, 3.8) is 0 Å². The van der Waals surface area contributed by atoms with Crippen molar-refractivity contribution in [3.8, 4) is 5.75 Å². The van der Waals surface area contributed by atoms with Crippen LogP contribution in [0.1, 0.15) is 5.56 Å². The van der Waals surface area contributed by atoms with Crippen LogP contribution in [0.25, 0.3) is 0 Å². The molecular formula is C15H16N2O5S. The number of hydrogen-bond acceptors (Lipinski definition) is 5. The molecule has 23 heavy (non-hydrogen) atoms. The van der Waals surface area contributed by atoms with Gasteiger partial charge in [-0.1, -0.05) is 30.3 Å². The van der Waals surface area contributed by atoms with Gasteiger partial charge >= 0.3 is 0 Å². The zero-order chi connectivity index (χ0) is 16.7. The Labute approximate surface area is 134 Å². The van der Waals surface area contributed by atoms with Gasteiger partial charge in [0, 0.05) is 18.7 Å². The Morgan fingerprint density at radius 2 is 1.70 bits per heavy atom. The van der Waals surface area contributed by atoms with Gasteiger partial charge in [0.05, 0.1) is 10.7 Å². The highest BCUT2D eigenvalue weighted by molar-refractivity contribution is 7.88. The molecule has 122 valence electrons. The molecule has 2 rings (SSSR count). The fourth-order valence-electron chi connectivity index (χ4n) is 1.87. The van der Waals surface area contributed by atoms with Gasteiger partial charge in [0.25, 0.3) is 5.69 Å². The lowest BCUT2D eigenvalue weighted by atomic mass is 10.2. The van der Waals surface area contributed by atoms with E-state index in [4.69, 9.17) is 4.74 Å². The van der Waals surface area contributed by atoms with Crippen LogP contribution in [0.4, 0.5) is 5.69 Å². The van der Waals surface area contributed by atoms with E-state index in [1.54, 1.807) is 12.1 Å². The number of nitro benzene ring substituents is 1. The number of rotatable bonds is 8. The van der Waals surface area contributed by atoms with Gasteiger partial charge in [0.15, 0.2) is 0 Å². The van der Waals surface area contributed by atoms with Crippen LogP contribution in [0.5, 0.6) is 5.75 Å². The van der Waals surface area contributed by atoms with Crippen LogP contribution in [-0.4, -0.2) is 26.5 Å². The van der Waals surface area contributed by atoms with Crippen molar-refractivity contribution in [2.75, 3.05) is 13.2 Å². The van der Waals surface area contributed by atoms with Gasteiger partial charge in [0.2, 0.25) is 10.0 Å². The molecule has 0 saturated carbocycles. The molecule has 2 aromatic rings. The number of hydrogen-bond donors (Lipinski definition) is 1. The highest BCUT2D eigenvalue weighted by Gasteiger charge is 2.12. The molecule has 0 atom stereocenters. The summed E-state index contributed by atoms with van der Waals surface area (Å²) in [4.78, 5) is 10.0. The largest absolute Gasteiger partial charge is 0.492 e. The van der Waals surface area contributed by atoms with Crippen molar-refractivity contribution in [2.24, 2.45) is 0 Å². The summed E-state index contributed by atoms with van der Waals surface area (Å²) in [5.41, 5.74) is 0.405. The third-order valence-electron chi connectivity index (χ3n) is 2.94.